The zero-order valence-corrected chi connectivity index (χ0v) is 7.68. The van der Waals surface area contributed by atoms with Crippen LogP contribution >= 0.6 is 0 Å². The number of phenols is 1. The molecule has 0 heterocycles. The molecule has 0 spiro atoms. The Morgan fingerprint density at radius 2 is 1.69 bits per heavy atom. The van der Waals surface area contributed by atoms with Crippen LogP contribution in [0.25, 0.3) is 0 Å². The zero-order valence-electron chi connectivity index (χ0n) is 7.68. The third-order valence-corrected chi connectivity index (χ3v) is 1.51. The number of carboxylic acids is 1. The van der Waals surface area contributed by atoms with Gasteiger partial charge in [0, 0.05) is 17.8 Å². The Hall–Kier alpha value is -1.30. The van der Waals surface area contributed by atoms with Gasteiger partial charge in [0.1, 0.15) is 5.75 Å². The Balaban J connectivity index is 0.00000225. The van der Waals surface area contributed by atoms with Crippen molar-refractivity contribution in [3.05, 3.63) is 36.4 Å². The molecule has 0 bridgehead atoms. The molecule has 0 fully saturated rings. The van der Waals surface area contributed by atoms with Gasteiger partial charge in [-0.05, 0) is 24.3 Å². The van der Waals surface area contributed by atoms with Crippen molar-refractivity contribution < 1.29 is 19.8 Å². The number of carbonyl (C=O) groups excluding carboxylic acids is 1. The number of phenolic OH excluding ortho intramolecular Hbond substituents is 1. The van der Waals surface area contributed by atoms with Gasteiger partial charge in [-0.15, -0.1) is 0 Å². The second-order valence-corrected chi connectivity index (χ2v) is 2.71. The van der Waals surface area contributed by atoms with Gasteiger partial charge in [-0.3, -0.25) is 4.79 Å². The number of benzene rings is 1. The number of hydrogen-bond donors (Lipinski definition) is 3. The van der Waals surface area contributed by atoms with Gasteiger partial charge in [0.25, 0.3) is 0 Å². The Kier molecular flexibility index (Phi) is 6.48. The molecule has 1 aromatic carbocycles. The van der Waals surface area contributed by atoms with Gasteiger partial charge < -0.3 is 15.5 Å². The van der Waals surface area contributed by atoms with Crippen molar-refractivity contribution in [2.75, 3.05) is 5.32 Å². The molecule has 0 aliphatic heterocycles. The van der Waals surface area contributed by atoms with E-state index >= 15 is 0 Å². The van der Waals surface area contributed by atoms with E-state index in [2.05, 4.69) is 5.32 Å². The maximum atomic E-state index is 11.1. The van der Waals surface area contributed by atoms with Crippen LogP contribution in [0.3, 0.4) is 0 Å². The first-order chi connectivity index (χ1) is 7.08. The number of hydrogen-bond acceptors (Lipinski definition) is 3. The predicted molar refractivity (Wildman–Crippen MR) is 60.7 cm³/mol. The van der Waals surface area contributed by atoms with Crippen LogP contribution in [0.4, 0.5) is 5.69 Å². The van der Waals surface area contributed by atoms with E-state index in [-0.39, 0.29) is 35.3 Å². The summed E-state index contributed by atoms with van der Waals surface area (Å²) in [7, 11) is 0. The summed E-state index contributed by atoms with van der Waals surface area (Å²) in [5.74, 6) is -1.63. The summed E-state index contributed by atoms with van der Waals surface area (Å²) in [5, 5.41) is 19.7. The first-order valence-electron chi connectivity index (χ1n) is 4.09. The van der Waals surface area contributed by atoms with Gasteiger partial charge in [-0.2, -0.15) is 0 Å². The molecule has 1 amide bonds. The van der Waals surface area contributed by atoms with Crippen molar-refractivity contribution in [1.29, 1.82) is 0 Å². The molecular formula is C10H10NNaO4. The number of nitrogens with one attached hydrogen (secondary N) is 1. The molecule has 0 radical (unpaired) electrons. The van der Waals surface area contributed by atoms with E-state index < -0.39 is 11.9 Å². The summed E-state index contributed by atoms with van der Waals surface area (Å²) in [6.07, 6.45) is 1.66. The monoisotopic (exact) mass is 231 g/mol. The number of aromatic hydroxyl groups is 1. The average molecular weight is 231 g/mol. The van der Waals surface area contributed by atoms with Crippen LogP contribution in [0.15, 0.2) is 36.4 Å². The summed E-state index contributed by atoms with van der Waals surface area (Å²) >= 11 is 0. The number of anilines is 1. The number of rotatable bonds is 3. The second kappa shape index (κ2) is 7.05. The molecule has 0 saturated heterocycles. The van der Waals surface area contributed by atoms with Crippen LogP contribution in [0.1, 0.15) is 0 Å². The standard InChI is InChI=1S/C10H9NO4.Na.H/c12-8-3-1-7(2-4-8)11-9(13)5-6-10(14)15;;/h1-6,12H,(H,11,13)(H,14,15);;/b6-5-;;. The molecule has 0 saturated carbocycles. The molecule has 1 rings (SSSR count). The second-order valence-electron chi connectivity index (χ2n) is 2.71. The third kappa shape index (κ3) is 5.55. The number of amides is 1. The zero-order chi connectivity index (χ0) is 11.3. The molecule has 6 heteroatoms. The summed E-state index contributed by atoms with van der Waals surface area (Å²) in [4.78, 5) is 21.2. The Labute approximate surface area is 114 Å². The van der Waals surface area contributed by atoms with Crippen molar-refractivity contribution in [3.8, 4) is 5.75 Å². The van der Waals surface area contributed by atoms with Crippen molar-refractivity contribution >= 4 is 47.1 Å². The molecule has 3 N–H and O–H groups in total. The van der Waals surface area contributed by atoms with Crippen molar-refractivity contribution in [2.24, 2.45) is 0 Å². The van der Waals surface area contributed by atoms with E-state index in [4.69, 9.17) is 10.2 Å². The molecule has 0 unspecified atom stereocenters. The molecular weight excluding hydrogens is 221 g/mol. The first-order valence-corrected chi connectivity index (χ1v) is 4.09. The number of carboxylic acid groups (broad SMARTS) is 1. The fourth-order valence-corrected chi connectivity index (χ4v) is 0.876. The van der Waals surface area contributed by atoms with Gasteiger partial charge in [0.2, 0.25) is 5.91 Å². The molecule has 0 aliphatic carbocycles. The first kappa shape index (κ1) is 14.7. The minimum absolute atomic E-state index is 0. The van der Waals surface area contributed by atoms with Gasteiger partial charge in [-0.25, -0.2) is 4.79 Å². The molecule has 80 valence electrons. The number of aliphatic carboxylic acids is 1. The Bertz CT molecular complexity index is 400. The fraction of sp³-hybridized carbons (Fsp3) is 0. The van der Waals surface area contributed by atoms with E-state index in [1.54, 1.807) is 0 Å². The molecule has 0 aliphatic rings. The van der Waals surface area contributed by atoms with Crippen molar-refractivity contribution in [1.82, 2.24) is 0 Å². The van der Waals surface area contributed by atoms with Crippen LogP contribution in [0.2, 0.25) is 0 Å². The van der Waals surface area contributed by atoms with E-state index in [0.717, 1.165) is 12.2 Å². The van der Waals surface area contributed by atoms with E-state index in [0.29, 0.717) is 5.69 Å². The summed E-state index contributed by atoms with van der Waals surface area (Å²) in [5.41, 5.74) is 0.479. The Morgan fingerprint density at radius 3 is 2.19 bits per heavy atom. The normalized spacial score (nSPS) is 9.50. The van der Waals surface area contributed by atoms with Gasteiger partial charge in [-0.1, -0.05) is 0 Å². The van der Waals surface area contributed by atoms with Crippen molar-refractivity contribution in [3.63, 3.8) is 0 Å². The van der Waals surface area contributed by atoms with E-state index in [9.17, 15) is 9.59 Å². The average Bonchev–Trinajstić information content (AvgIpc) is 2.19. The number of carbonyl (C=O) groups is 2. The van der Waals surface area contributed by atoms with Crippen LogP contribution < -0.4 is 5.32 Å². The summed E-state index contributed by atoms with van der Waals surface area (Å²) in [6, 6.07) is 5.83. The van der Waals surface area contributed by atoms with Gasteiger partial charge in [0.05, 0.1) is 0 Å². The van der Waals surface area contributed by atoms with Crippen LogP contribution in [-0.4, -0.2) is 51.6 Å². The molecule has 5 nitrogen and oxygen atoms in total. The van der Waals surface area contributed by atoms with Gasteiger partial charge >= 0.3 is 35.5 Å². The van der Waals surface area contributed by atoms with Gasteiger partial charge in [0.15, 0.2) is 0 Å². The van der Waals surface area contributed by atoms with E-state index in [1.807, 2.05) is 0 Å². The van der Waals surface area contributed by atoms with E-state index in [1.165, 1.54) is 24.3 Å². The molecule has 0 aromatic heterocycles. The quantitative estimate of drug-likeness (QED) is 0.397. The molecule has 0 atom stereocenters. The minimum atomic E-state index is -1.18. The molecule has 16 heavy (non-hydrogen) atoms. The topological polar surface area (TPSA) is 86.6 Å². The maximum absolute atomic E-state index is 11.1. The SMILES string of the molecule is O=C(O)/C=C\C(=O)Nc1ccc(O)cc1.[NaH]. The fourth-order valence-electron chi connectivity index (χ4n) is 0.876. The third-order valence-electron chi connectivity index (χ3n) is 1.51. The Morgan fingerprint density at radius 1 is 1.12 bits per heavy atom. The predicted octanol–water partition coefficient (Wildman–Crippen LogP) is 0.323. The summed E-state index contributed by atoms with van der Waals surface area (Å²) in [6.45, 7) is 0. The van der Waals surface area contributed by atoms with Crippen molar-refractivity contribution in [2.45, 2.75) is 0 Å². The van der Waals surface area contributed by atoms with Crippen LogP contribution in [0, 0.1) is 0 Å². The van der Waals surface area contributed by atoms with Crippen LogP contribution in [0.5, 0.6) is 5.75 Å². The molecule has 1 aromatic rings. The van der Waals surface area contributed by atoms with Crippen LogP contribution in [-0.2, 0) is 9.59 Å². The summed E-state index contributed by atoms with van der Waals surface area (Å²) < 4.78 is 0.